The number of carbonyl (C=O) groups is 2. The average Bonchev–Trinajstić information content (AvgIpc) is 3.14. The van der Waals surface area contributed by atoms with Crippen LogP contribution in [0.2, 0.25) is 0 Å². The van der Waals surface area contributed by atoms with Gasteiger partial charge in [-0.3, -0.25) is 15.3 Å². The summed E-state index contributed by atoms with van der Waals surface area (Å²) in [5.74, 6) is 0.180. The molecule has 3 N–H and O–H groups in total. The van der Waals surface area contributed by atoms with Gasteiger partial charge in [-0.05, 0) is 12.8 Å². The number of ketones is 1. The van der Waals surface area contributed by atoms with E-state index < -0.39 is 23.2 Å². The Morgan fingerprint density at radius 1 is 1.26 bits per heavy atom. The van der Waals surface area contributed by atoms with Gasteiger partial charge < -0.3 is 14.5 Å². The van der Waals surface area contributed by atoms with Crippen LogP contribution in [0.1, 0.15) is 77.5 Å². The number of unbranched alkanes of at least 4 members (excludes halogenated alkanes) is 4. The van der Waals surface area contributed by atoms with Gasteiger partial charge in [-0.25, -0.2) is 9.79 Å². The van der Waals surface area contributed by atoms with E-state index in [-0.39, 0.29) is 16.6 Å². The van der Waals surface area contributed by atoms with Gasteiger partial charge in [-0.15, -0.1) is 0 Å². The zero-order valence-corrected chi connectivity index (χ0v) is 19.4. The molecule has 1 aliphatic rings. The largest absolute Gasteiger partial charge is 0.493 e. The third-order valence-corrected chi connectivity index (χ3v) is 6.17. The van der Waals surface area contributed by atoms with Gasteiger partial charge in [0.2, 0.25) is 0 Å². The topological polar surface area (TPSA) is 124 Å². The van der Waals surface area contributed by atoms with Crippen LogP contribution in [-0.4, -0.2) is 34.8 Å². The van der Waals surface area contributed by atoms with Crippen molar-refractivity contribution in [1.82, 2.24) is 5.32 Å². The number of amides is 1. The van der Waals surface area contributed by atoms with Crippen molar-refractivity contribution in [2.75, 3.05) is 12.4 Å². The second-order valence-electron chi connectivity index (χ2n) is 7.78. The Balaban J connectivity index is 2.08. The Morgan fingerprint density at radius 3 is 2.65 bits per heavy atom. The minimum absolute atomic E-state index is 0.178. The van der Waals surface area contributed by atoms with E-state index in [9.17, 15) is 14.4 Å². The molecule has 8 nitrogen and oxygen atoms in total. The molecule has 1 aromatic heterocycles. The van der Waals surface area contributed by atoms with Crippen molar-refractivity contribution < 1.29 is 18.7 Å². The van der Waals surface area contributed by atoms with Crippen LogP contribution in [-0.2, 0) is 9.59 Å². The molecule has 2 atom stereocenters. The van der Waals surface area contributed by atoms with Crippen LogP contribution < -0.4 is 21.4 Å². The number of rotatable bonds is 13. The van der Waals surface area contributed by atoms with Gasteiger partial charge in [0.1, 0.15) is 16.6 Å². The van der Waals surface area contributed by atoms with Crippen LogP contribution in [0.5, 0.6) is 5.75 Å². The van der Waals surface area contributed by atoms with Crippen LogP contribution in [0, 0.1) is 0 Å². The van der Waals surface area contributed by atoms with Crippen LogP contribution in [0.4, 0.5) is 0 Å². The number of carbonyl (C=O) groups excluding carboxylic acids is 2. The molecular weight excluding hydrogens is 418 g/mol. The van der Waals surface area contributed by atoms with Crippen molar-refractivity contribution >= 4 is 28.5 Å². The SMILES string of the molecule is CCCCCCCOc1cc([C@@H](CCC)NC(=O)[C@]2(N)CSC(C(C)=O)=N2)oc(=O)c1. The second kappa shape index (κ2) is 12.0. The smallest absolute Gasteiger partial charge is 0.339 e. The Morgan fingerprint density at radius 2 is 2.00 bits per heavy atom. The number of nitrogens with zero attached hydrogens (tertiary/aromatic N) is 1. The zero-order valence-electron chi connectivity index (χ0n) is 18.6. The fraction of sp³-hybridized carbons (Fsp3) is 0.636. The van der Waals surface area contributed by atoms with Crippen molar-refractivity contribution in [3.8, 4) is 5.75 Å². The van der Waals surface area contributed by atoms with E-state index in [1.165, 1.54) is 32.3 Å². The average molecular weight is 452 g/mol. The van der Waals surface area contributed by atoms with Crippen molar-refractivity contribution in [2.45, 2.75) is 77.4 Å². The highest BCUT2D eigenvalue weighted by Crippen LogP contribution is 2.27. The molecule has 1 amide bonds. The molecule has 2 rings (SSSR count). The van der Waals surface area contributed by atoms with E-state index in [1.807, 2.05) is 6.92 Å². The fourth-order valence-electron chi connectivity index (χ4n) is 3.20. The highest BCUT2D eigenvalue weighted by Gasteiger charge is 2.41. The molecule has 2 heterocycles. The number of thioether (sulfide) groups is 1. The quantitative estimate of drug-likeness (QED) is 0.441. The van der Waals surface area contributed by atoms with Crippen molar-refractivity contribution in [3.63, 3.8) is 0 Å². The second-order valence-corrected chi connectivity index (χ2v) is 8.74. The van der Waals surface area contributed by atoms with Crippen LogP contribution in [0.15, 0.2) is 26.3 Å². The third kappa shape index (κ3) is 7.50. The first kappa shape index (κ1) is 25.1. The molecule has 1 aromatic rings. The monoisotopic (exact) mass is 451 g/mol. The molecule has 0 saturated heterocycles. The maximum atomic E-state index is 12.8. The van der Waals surface area contributed by atoms with E-state index in [4.69, 9.17) is 14.9 Å². The highest BCUT2D eigenvalue weighted by molar-refractivity contribution is 8.16. The van der Waals surface area contributed by atoms with Crippen molar-refractivity contribution in [1.29, 1.82) is 0 Å². The molecule has 0 radical (unpaired) electrons. The summed E-state index contributed by atoms with van der Waals surface area (Å²) in [7, 11) is 0. The van der Waals surface area contributed by atoms with Gasteiger partial charge in [-0.2, -0.15) is 0 Å². The summed E-state index contributed by atoms with van der Waals surface area (Å²) in [5.41, 5.74) is 4.08. The first-order valence-electron chi connectivity index (χ1n) is 10.9. The molecule has 9 heteroatoms. The fourth-order valence-corrected chi connectivity index (χ4v) is 4.19. The lowest BCUT2D eigenvalue weighted by Crippen LogP contribution is -2.54. The van der Waals surface area contributed by atoms with E-state index in [2.05, 4.69) is 17.2 Å². The number of ether oxygens (including phenoxy) is 1. The summed E-state index contributed by atoms with van der Waals surface area (Å²) < 4.78 is 11.1. The lowest BCUT2D eigenvalue weighted by molar-refractivity contribution is -0.126. The van der Waals surface area contributed by atoms with Gasteiger partial charge in [-0.1, -0.05) is 57.7 Å². The predicted molar refractivity (Wildman–Crippen MR) is 123 cm³/mol. The van der Waals surface area contributed by atoms with Crippen LogP contribution >= 0.6 is 11.8 Å². The molecule has 0 spiro atoms. The summed E-state index contributed by atoms with van der Waals surface area (Å²) in [6, 6.07) is 2.40. The van der Waals surface area contributed by atoms with E-state index >= 15 is 0 Å². The van der Waals surface area contributed by atoms with Crippen molar-refractivity contribution in [3.05, 3.63) is 28.3 Å². The minimum Gasteiger partial charge on any atom is -0.493 e. The molecule has 0 saturated carbocycles. The summed E-state index contributed by atoms with van der Waals surface area (Å²) >= 11 is 1.16. The number of aliphatic imine (C=N–C) groups is 1. The lowest BCUT2D eigenvalue weighted by atomic mass is 10.1. The van der Waals surface area contributed by atoms with Gasteiger partial charge in [0.05, 0.1) is 18.7 Å². The molecule has 0 aromatic carbocycles. The lowest BCUT2D eigenvalue weighted by Gasteiger charge is -2.24. The first-order chi connectivity index (χ1) is 14.8. The summed E-state index contributed by atoms with van der Waals surface area (Å²) in [6.45, 7) is 6.03. The highest BCUT2D eigenvalue weighted by atomic mass is 32.2. The van der Waals surface area contributed by atoms with E-state index in [0.29, 0.717) is 24.5 Å². The summed E-state index contributed by atoms with van der Waals surface area (Å²) in [4.78, 5) is 40.6. The van der Waals surface area contributed by atoms with E-state index in [0.717, 1.165) is 31.0 Å². The molecular formula is C22H33N3O5S. The molecule has 0 unspecified atom stereocenters. The summed E-state index contributed by atoms with van der Waals surface area (Å²) in [5, 5.41) is 3.08. The number of Topliss-reactive ketones (excluding diaryl/α,β-unsaturated/α-hetero) is 1. The number of nitrogens with one attached hydrogen (secondary N) is 1. The number of hydrogen-bond acceptors (Lipinski definition) is 8. The third-order valence-electron chi connectivity index (χ3n) is 4.93. The zero-order chi connectivity index (χ0) is 22.9. The van der Waals surface area contributed by atoms with Gasteiger partial charge in [0.25, 0.3) is 5.91 Å². The van der Waals surface area contributed by atoms with Gasteiger partial charge in [0.15, 0.2) is 11.4 Å². The first-order valence-corrected chi connectivity index (χ1v) is 11.9. The maximum absolute atomic E-state index is 12.8. The number of nitrogens with two attached hydrogens (primary N) is 1. The molecule has 0 fully saturated rings. The van der Waals surface area contributed by atoms with Gasteiger partial charge in [0, 0.05) is 18.7 Å². The predicted octanol–water partition coefficient (Wildman–Crippen LogP) is 3.34. The molecule has 0 bridgehead atoms. The molecule has 1 aliphatic heterocycles. The standard InChI is InChI=1S/C22H33N3O5S/c1-4-6-7-8-9-11-29-16-12-18(30-19(27)13-16)17(10-5-2)24-21(28)22(23)14-31-20(25-22)15(3)26/h12-13,17H,4-11,14,23H2,1-3H3,(H,24,28)/t17-,22+/m1/s1. The Labute approximate surface area is 187 Å². The van der Waals surface area contributed by atoms with Gasteiger partial charge >= 0.3 is 5.63 Å². The van der Waals surface area contributed by atoms with E-state index in [1.54, 1.807) is 6.07 Å². The minimum atomic E-state index is -1.52. The Hall–Kier alpha value is -2.13. The van der Waals surface area contributed by atoms with Crippen molar-refractivity contribution in [2.24, 2.45) is 10.7 Å². The Kier molecular flexibility index (Phi) is 9.77. The van der Waals surface area contributed by atoms with Crippen LogP contribution in [0.3, 0.4) is 0 Å². The molecule has 172 valence electrons. The summed E-state index contributed by atoms with van der Waals surface area (Å²) in [6.07, 6.45) is 6.83. The molecule has 0 aliphatic carbocycles. The Bertz CT molecular complexity index is 854. The normalized spacial score (nSPS) is 19.0. The maximum Gasteiger partial charge on any atom is 0.339 e. The van der Waals surface area contributed by atoms with Crippen LogP contribution in [0.25, 0.3) is 0 Å². The number of hydrogen-bond donors (Lipinski definition) is 2. The molecule has 31 heavy (non-hydrogen) atoms.